The van der Waals surface area contributed by atoms with E-state index >= 15 is 0 Å². The molecule has 0 unspecified atom stereocenters. The molecule has 2 rings (SSSR count). The van der Waals surface area contributed by atoms with Gasteiger partial charge in [0, 0.05) is 37.5 Å². The number of amides is 1. The summed E-state index contributed by atoms with van der Waals surface area (Å²) in [6.45, 7) is 2.40. The quantitative estimate of drug-likeness (QED) is 0.850. The molecule has 1 aromatic carbocycles. The van der Waals surface area contributed by atoms with E-state index < -0.39 is 5.97 Å². The van der Waals surface area contributed by atoms with Crippen LogP contribution in [0.2, 0.25) is 0 Å². The third-order valence-electron chi connectivity index (χ3n) is 3.75. The van der Waals surface area contributed by atoms with Crippen molar-refractivity contribution < 1.29 is 19.5 Å². The van der Waals surface area contributed by atoms with Crippen molar-refractivity contribution in [3.63, 3.8) is 0 Å². The smallest absolute Gasteiger partial charge is 0.305 e. The maximum atomic E-state index is 12.3. The lowest BCUT2D eigenvalue weighted by Crippen LogP contribution is -2.33. The molecule has 0 saturated heterocycles. The topological polar surface area (TPSA) is 79.6 Å². The van der Waals surface area contributed by atoms with Crippen molar-refractivity contribution in [2.45, 2.75) is 26.2 Å². The summed E-state index contributed by atoms with van der Waals surface area (Å²) >= 11 is 0. The molecular weight excluding hydrogens is 296 g/mol. The van der Waals surface area contributed by atoms with E-state index in [9.17, 15) is 14.4 Å². The highest BCUT2D eigenvalue weighted by atomic mass is 16.4. The lowest BCUT2D eigenvalue weighted by atomic mass is 10.2. The second-order valence-corrected chi connectivity index (χ2v) is 5.26. The number of para-hydroxylation sites is 1. The summed E-state index contributed by atoms with van der Waals surface area (Å²) < 4.78 is 1.55. The number of carbonyl (C=O) groups excluding carboxylic acids is 2. The van der Waals surface area contributed by atoms with Crippen LogP contribution in [-0.2, 0) is 9.59 Å². The molecule has 122 valence electrons. The average Bonchev–Trinajstić information content (AvgIpc) is 2.97. The Hall–Kier alpha value is -2.63. The van der Waals surface area contributed by atoms with Gasteiger partial charge in [0.25, 0.3) is 0 Å². The number of fused-ring (bicyclic) bond motifs is 1. The zero-order chi connectivity index (χ0) is 16.8. The van der Waals surface area contributed by atoms with E-state index in [1.807, 2.05) is 30.3 Å². The van der Waals surface area contributed by atoms with Crippen LogP contribution in [0.4, 0.5) is 0 Å². The molecule has 0 bridgehead atoms. The van der Waals surface area contributed by atoms with Gasteiger partial charge in [-0.05, 0) is 19.1 Å². The van der Waals surface area contributed by atoms with Crippen LogP contribution in [0.1, 0.15) is 31.0 Å². The van der Waals surface area contributed by atoms with Gasteiger partial charge in [-0.25, -0.2) is 0 Å². The fourth-order valence-electron chi connectivity index (χ4n) is 2.48. The molecule has 0 radical (unpaired) electrons. The van der Waals surface area contributed by atoms with Crippen molar-refractivity contribution in [1.29, 1.82) is 0 Å². The summed E-state index contributed by atoms with van der Waals surface area (Å²) in [7, 11) is 0. The Bertz CT molecular complexity index is 720. The van der Waals surface area contributed by atoms with Crippen molar-refractivity contribution in [1.82, 2.24) is 9.47 Å². The van der Waals surface area contributed by atoms with Gasteiger partial charge in [0.1, 0.15) is 0 Å². The molecule has 6 nitrogen and oxygen atoms in total. The first kappa shape index (κ1) is 16.7. The van der Waals surface area contributed by atoms with Crippen molar-refractivity contribution in [2.24, 2.45) is 0 Å². The van der Waals surface area contributed by atoms with Crippen molar-refractivity contribution in [2.75, 3.05) is 13.1 Å². The van der Waals surface area contributed by atoms with Gasteiger partial charge in [0.2, 0.25) is 11.8 Å². The molecule has 23 heavy (non-hydrogen) atoms. The van der Waals surface area contributed by atoms with E-state index in [4.69, 9.17) is 5.11 Å². The Morgan fingerprint density at radius 3 is 2.52 bits per heavy atom. The van der Waals surface area contributed by atoms with Crippen molar-refractivity contribution >= 4 is 28.7 Å². The minimum atomic E-state index is -0.939. The molecule has 1 N–H and O–H groups in total. The van der Waals surface area contributed by atoms with Gasteiger partial charge < -0.3 is 10.0 Å². The zero-order valence-electron chi connectivity index (χ0n) is 13.1. The number of carboxylic acid groups (broad SMARTS) is 1. The molecule has 6 heteroatoms. The van der Waals surface area contributed by atoms with Crippen molar-refractivity contribution in [3.8, 4) is 0 Å². The standard InChI is InChI=1S/C17H20N2O4/c1-2-18(11-10-17(22)23)15(20)7-8-16(21)19-12-9-13-5-3-4-6-14(13)19/h3-6,9,12H,2,7-8,10-11H2,1H3,(H,22,23). The summed E-state index contributed by atoms with van der Waals surface area (Å²) in [5.41, 5.74) is 0.822. The highest BCUT2D eigenvalue weighted by Crippen LogP contribution is 2.16. The van der Waals surface area contributed by atoms with Crippen LogP contribution in [0, 0.1) is 0 Å². The summed E-state index contributed by atoms with van der Waals surface area (Å²) in [4.78, 5) is 36.5. The maximum Gasteiger partial charge on any atom is 0.305 e. The maximum absolute atomic E-state index is 12.3. The predicted molar refractivity (Wildman–Crippen MR) is 86.3 cm³/mol. The fourth-order valence-corrected chi connectivity index (χ4v) is 2.48. The Kier molecular flexibility index (Phi) is 5.51. The fraction of sp³-hybridized carbons (Fsp3) is 0.353. The number of benzene rings is 1. The van der Waals surface area contributed by atoms with Crippen LogP contribution in [0.25, 0.3) is 10.9 Å². The van der Waals surface area contributed by atoms with Crippen LogP contribution >= 0.6 is 0 Å². The molecule has 0 saturated carbocycles. The number of hydrogen-bond acceptors (Lipinski definition) is 3. The van der Waals surface area contributed by atoms with Gasteiger partial charge in [0.05, 0.1) is 11.9 Å². The first-order valence-corrected chi connectivity index (χ1v) is 7.61. The minimum Gasteiger partial charge on any atom is -0.481 e. The Morgan fingerprint density at radius 2 is 1.83 bits per heavy atom. The Balaban J connectivity index is 1.95. The summed E-state index contributed by atoms with van der Waals surface area (Å²) in [6, 6.07) is 9.42. The predicted octanol–water partition coefficient (Wildman–Crippen LogP) is 2.38. The van der Waals surface area contributed by atoms with Gasteiger partial charge in [-0.3, -0.25) is 19.0 Å². The van der Waals surface area contributed by atoms with Crippen LogP contribution in [-0.4, -0.2) is 45.4 Å². The molecule has 2 aromatic rings. The molecule has 1 aromatic heterocycles. The average molecular weight is 316 g/mol. The first-order valence-electron chi connectivity index (χ1n) is 7.61. The van der Waals surface area contributed by atoms with Gasteiger partial charge in [0.15, 0.2) is 0 Å². The third-order valence-corrected chi connectivity index (χ3v) is 3.75. The lowest BCUT2D eigenvalue weighted by Gasteiger charge is -2.19. The number of carboxylic acids is 1. The molecular formula is C17H20N2O4. The molecule has 0 aliphatic heterocycles. The third kappa shape index (κ3) is 4.18. The molecule has 1 heterocycles. The molecule has 0 aliphatic carbocycles. The van der Waals surface area contributed by atoms with E-state index in [0.29, 0.717) is 6.54 Å². The van der Waals surface area contributed by atoms with E-state index in [1.165, 1.54) is 4.90 Å². The highest BCUT2D eigenvalue weighted by molar-refractivity contribution is 5.94. The summed E-state index contributed by atoms with van der Waals surface area (Å²) in [5.74, 6) is -1.28. The largest absolute Gasteiger partial charge is 0.481 e. The second kappa shape index (κ2) is 7.58. The number of nitrogens with zero attached hydrogens (tertiary/aromatic N) is 2. The SMILES string of the molecule is CCN(CCC(=O)O)C(=O)CCC(=O)n1ccc2ccccc21. The number of aliphatic carboxylic acids is 1. The minimum absolute atomic E-state index is 0.0821. The van der Waals surface area contributed by atoms with Gasteiger partial charge in [-0.15, -0.1) is 0 Å². The summed E-state index contributed by atoms with van der Waals surface area (Å²) in [5, 5.41) is 9.66. The summed E-state index contributed by atoms with van der Waals surface area (Å²) in [6.07, 6.45) is 1.80. The number of carbonyl (C=O) groups is 3. The zero-order valence-corrected chi connectivity index (χ0v) is 13.1. The van der Waals surface area contributed by atoms with E-state index in [0.717, 1.165) is 10.9 Å². The highest BCUT2D eigenvalue weighted by Gasteiger charge is 2.16. The first-order chi connectivity index (χ1) is 11.0. The number of aromatic nitrogens is 1. The van der Waals surface area contributed by atoms with Crippen LogP contribution in [0.5, 0.6) is 0 Å². The normalized spacial score (nSPS) is 10.7. The van der Waals surface area contributed by atoms with Crippen LogP contribution < -0.4 is 0 Å². The molecule has 0 fully saturated rings. The van der Waals surface area contributed by atoms with E-state index in [-0.39, 0.29) is 37.6 Å². The van der Waals surface area contributed by atoms with Gasteiger partial charge in [-0.1, -0.05) is 18.2 Å². The molecule has 0 aliphatic rings. The van der Waals surface area contributed by atoms with E-state index in [1.54, 1.807) is 17.7 Å². The lowest BCUT2D eigenvalue weighted by molar-refractivity contribution is -0.138. The Labute approximate surface area is 134 Å². The van der Waals surface area contributed by atoms with Crippen LogP contribution in [0.3, 0.4) is 0 Å². The van der Waals surface area contributed by atoms with E-state index in [2.05, 4.69) is 0 Å². The van der Waals surface area contributed by atoms with Crippen molar-refractivity contribution in [3.05, 3.63) is 36.5 Å². The van der Waals surface area contributed by atoms with Gasteiger partial charge >= 0.3 is 5.97 Å². The Morgan fingerprint density at radius 1 is 1.09 bits per heavy atom. The second-order valence-electron chi connectivity index (χ2n) is 5.26. The monoisotopic (exact) mass is 316 g/mol. The number of hydrogen-bond donors (Lipinski definition) is 1. The molecule has 0 atom stereocenters. The number of rotatable bonds is 7. The van der Waals surface area contributed by atoms with Crippen LogP contribution in [0.15, 0.2) is 36.5 Å². The van der Waals surface area contributed by atoms with Gasteiger partial charge in [-0.2, -0.15) is 0 Å². The molecule has 1 amide bonds. The molecule has 0 spiro atoms.